The number of hydrogen-bond acceptors (Lipinski definition) is 3. The minimum Gasteiger partial charge on any atom is -0.444 e. The third kappa shape index (κ3) is 6.23. The van der Waals surface area contributed by atoms with Gasteiger partial charge in [0.2, 0.25) is 0 Å². The van der Waals surface area contributed by atoms with E-state index in [4.69, 9.17) is 16.3 Å². The highest BCUT2D eigenvalue weighted by Crippen LogP contribution is 2.28. The van der Waals surface area contributed by atoms with Gasteiger partial charge in [-0.3, -0.25) is 5.32 Å². The Kier molecular flexibility index (Phi) is 5.87. The average Bonchev–Trinajstić information content (AvgIpc) is 2.29. The zero-order valence-electron chi connectivity index (χ0n) is 13.7. The minimum atomic E-state index is -1.31. The predicted molar refractivity (Wildman–Crippen MR) is 92.8 cm³/mol. The Hall–Kier alpha value is -1.27. The second-order valence-electron chi connectivity index (χ2n) is 6.80. The molecule has 22 heavy (non-hydrogen) atoms. The van der Waals surface area contributed by atoms with Crippen LogP contribution in [0.4, 0.5) is 16.2 Å². The standard InChI is InChI=1S/C15H23ClN2O3S/c1-14(2,3)21-13(19)17-10-7-8-11(16)12(9-10)18-22(20)15(4,5)6/h7-9,18H,1-6H3,(H,17,19). The van der Waals surface area contributed by atoms with E-state index in [-0.39, 0.29) is 0 Å². The van der Waals surface area contributed by atoms with Gasteiger partial charge in [0, 0.05) is 5.69 Å². The van der Waals surface area contributed by atoms with Crippen molar-refractivity contribution in [1.29, 1.82) is 0 Å². The minimum absolute atomic E-state index is 0.423. The van der Waals surface area contributed by atoms with Crippen molar-refractivity contribution in [2.75, 3.05) is 10.0 Å². The third-order valence-electron chi connectivity index (χ3n) is 2.37. The summed E-state index contributed by atoms with van der Waals surface area (Å²) in [6.07, 6.45) is -0.558. The van der Waals surface area contributed by atoms with Gasteiger partial charge < -0.3 is 9.46 Å². The molecular weight excluding hydrogens is 324 g/mol. The molecule has 1 amide bonds. The van der Waals surface area contributed by atoms with Crippen molar-refractivity contribution in [1.82, 2.24) is 0 Å². The summed E-state index contributed by atoms with van der Waals surface area (Å²) in [5.41, 5.74) is 0.418. The van der Waals surface area contributed by atoms with Gasteiger partial charge in [-0.25, -0.2) is 9.00 Å². The van der Waals surface area contributed by atoms with Gasteiger partial charge in [0.05, 0.1) is 15.5 Å². The number of ether oxygens (including phenoxy) is 1. The average molecular weight is 347 g/mol. The second kappa shape index (κ2) is 6.87. The van der Waals surface area contributed by atoms with E-state index in [1.54, 1.807) is 39.0 Å². The molecule has 0 aliphatic heterocycles. The zero-order valence-corrected chi connectivity index (χ0v) is 15.3. The van der Waals surface area contributed by atoms with Crippen LogP contribution in [0.15, 0.2) is 18.2 Å². The molecule has 0 radical (unpaired) electrons. The normalized spacial score (nSPS) is 13.4. The number of halogens is 1. The molecule has 7 heteroatoms. The second-order valence-corrected chi connectivity index (χ2v) is 9.18. The van der Waals surface area contributed by atoms with Gasteiger partial charge in [-0.05, 0) is 59.7 Å². The fraction of sp³-hybridized carbons (Fsp3) is 0.533. The van der Waals surface area contributed by atoms with E-state index in [1.807, 2.05) is 20.8 Å². The van der Waals surface area contributed by atoms with Crippen LogP contribution in [0, 0.1) is 0 Å². The van der Waals surface area contributed by atoms with Crippen molar-refractivity contribution < 1.29 is 13.7 Å². The number of carbonyl (C=O) groups excluding carboxylic acids is 1. The molecule has 0 aliphatic carbocycles. The summed E-state index contributed by atoms with van der Waals surface area (Å²) in [6.45, 7) is 10.9. The first-order valence-corrected chi connectivity index (χ1v) is 8.39. The van der Waals surface area contributed by atoms with E-state index in [1.165, 1.54) is 0 Å². The lowest BCUT2D eigenvalue weighted by Gasteiger charge is -2.21. The van der Waals surface area contributed by atoms with Gasteiger partial charge in [0.1, 0.15) is 16.6 Å². The van der Waals surface area contributed by atoms with Crippen molar-refractivity contribution in [3.8, 4) is 0 Å². The van der Waals surface area contributed by atoms with Crippen LogP contribution in [-0.2, 0) is 15.7 Å². The molecule has 0 bridgehead atoms. The molecule has 0 aliphatic rings. The van der Waals surface area contributed by atoms with E-state index in [2.05, 4.69) is 10.0 Å². The third-order valence-corrected chi connectivity index (χ3v) is 4.22. The molecular formula is C15H23ClN2O3S. The molecule has 1 rings (SSSR count). The first-order valence-electron chi connectivity index (χ1n) is 6.86. The van der Waals surface area contributed by atoms with Gasteiger partial charge in [-0.2, -0.15) is 0 Å². The van der Waals surface area contributed by atoms with Crippen LogP contribution >= 0.6 is 11.6 Å². The molecule has 2 N–H and O–H groups in total. The predicted octanol–water partition coefficient (Wildman–Crippen LogP) is 4.56. The quantitative estimate of drug-likeness (QED) is 0.842. The highest BCUT2D eigenvalue weighted by molar-refractivity contribution is 7.87. The van der Waals surface area contributed by atoms with Crippen molar-refractivity contribution in [2.45, 2.75) is 51.9 Å². The van der Waals surface area contributed by atoms with Gasteiger partial charge in [-0.1, -0.05) is 11.6 Å². The van der Waals surface area contributed by atoms with E-state index < -0.39 is 27.4 Å². The Labute approximate surface area is 139 Å². The summed E-state index contributed by atoms with van der Waals surface area (Å²) in [4.78, 5) is 11.8. The summed E-state index contributed by atoms with van der Waals surface area (Å²) in [5, 5.41) is 3.04. The first kappa shape index (κ1) is 18.8. The SMILES string of the molecule is CC(C)(C)OC(=O)Nc1ccc(Cl)c(NS(=O)C(C)(C)C)c1. The van der Waals surface area contributed by atoms with E-state index in [0.29, 0.717) is 16.4 Å². The van der Waals surface area contributed by atoms with E-state index >= 15 is 0 Å². The van der Waals surface area contributed by atoms with E-state index in [0.717, 1.165) is 0 Å². The fourth-order valence-corrected chi connectivity index (χ4v) is 2.25. The summed E-state index contributed by atoms with van der Waals surface area (Å²) in [5.74, 6) is 0. The van der Waals surface area contributed by atoms with Crippen LogP contribution in [0.2, 0.25) is 5.02 Å². The molecule has 0 heterocycles. The van der Waals surface area contributed by atoms with Crippen LogP contribution < -0.4 is 10.0 Å². The highest BCUT2D eigenvalue weighted by atomic mass is 35.5. The van der Waals surface area contributed by atoms with Crippen molar-refractivity contribution in [2.24, 2.45) is 0 Å². The molecule has 0 fully saturated rings. The molecule has 0 saturated heterocycles. The zero-order chi connectivity index (χ0) is 17.1. The first-order chi connectivity index (χ1) is 9.88. The van der Waals surface area contributed by atoms with Gasteiger partial charge >= 0.3 is 6.09 Å². The number of rotatable bonds is 3. The molecule has 1 aromatic rings. The Bertz CT molecular complexity index is 577. The lowest BCUT2D eigenvalue weighted by molar-refractivity contribution is 0.0636. The summed E-state index contributed by atoms with van der Waals surface area (Å²) >= 11 is 6.09. The smallest absolute Gasteiger partial charge is 0.412 e. The van der Waals surface area contributed by atoms with Gasteiger partial charge in [0.25, 0.3) is 0 Å². The molecule has 5 nitrogen and oxygen atoms in total. The maximum Gasteiger partial charge on any atom is 0.412 e. The highest BCUT2D eigenvalue weighted by Gasteiger charge is 2.21. The Morgan fingerprint density at radius 3 is 2.27 bits per heavy atom. The molecule has 0 saturated carbocycles. The van der Waals surface area contributed by atoms with Gasteiger partial charge in [0.15, 0.2) is 0 Å². The Morgan fingerprint density at radius 1 is 1.18 bits per heavy atom. The van der Waals surface area contributed by atoms with Crippen molar-refractivity contribution >= 4 is 40.1 Å². The molecule has 0 aromatic heterocycles. The topological polar surface area (TPSA) is 67.4 Å². The van der Waals surface area contributed by atoms with Crippen molar-refractivity contribution in [3.05, 3.63) is 23.2 Å². The van der Waals surface area contributed by atoms with Crippen molar-refractivity contribution in [3.63, 3.8) is 0 Å². The summed E-state index contributed by atoms with van der Waals surface area (Å²) in [6, 6.07) is 4.89. The summed E-state index contributed by atoms with van der Waals surface area (Å²) < 4.78 is 19.7. The monoisotopic (exact) mass is 346 g/mol. The van der Waals surface area contributed by atoms with Crippen LogP contribution in [0.1, 0.15) is 41.5 Å². The largest absolute Gasteiger partial charge is 0.444 e. The maximum absolute atomic E-state index is 12.1. The maximum atomic E-state index is 12.1. The molecule has 1 aromatic carbocycles. The lowest BCUT2D eigenvalue weighted by Crippen LogP contribution is -2.28. The number of amides is 1. The molecule has 124 valence electrons. The van der Waals surface area contributed by atoms with Crippen LogP contribution in [0.3, 0.4) is 0 Å². The Balaban J connectivity index is 2.86. The molecule has 0 spiro atoms. The number of hydrogen-bond donors (Lipinski definition) is 2. The van der Waals surface area contributed by atoms with Gasteiger partial charge in [-0.15, -0.1) is 0 Å². The van der Waals surface area contributed by atoms with Crippen LogP contribution in [-0.4, -0.2) is 20.7 Å². The van der Waals surface area contributed by atoms with Crippen LogP contribution in [0.25, 0.3) is 0 Å². The lowest BCUT2D eigenvalue weighted by atomic mass is 10.2. The molecule has 1 unspecified atom stereocenters. The van der Waals surface area contributed by atoms with E-state index in [9.17, 15) is 9.00 Å². The number of carbonyl (C=O) groups is 1. The number of benzene rings is 1. The molecule has 1 atom stereocenters. The fourth-order valence-electron chi connectivity index (χ4n) is 1.36. The Morgan fingerprint density at radius 2 is 1.77 bits per heavy atom. The number of nitrogens with one attached hydrogen (secondary N) is 2. The summed E-state index contributed by atoms with van der Waals surface area (Å²) in [7, 11) is -1.31. The number of anilines is 2. The van der Waals surface area contributed by atoms with Crippen LogP contribution in [0.5, 0.6) is 0 Å².